The van der Waals surface area contributed by atoms with Gasteiger partial charge in [-0.2, -0.15) is 0 Å². The minimum absolute atomic E-state index is 0.0783. The maximum Gasteiger partial charge on any atom is 0.246 e. The van der Waals surface area contributed by atoms with Crippen molar-refractivity contribution in [3.63, 3.8) is 0 Å². The van der Waals surface area contributed by atoms with Crippen LogP contribution in [0, 0.1) is 10.8 Å². The summed E-state index contributed by atoms with van der Waals surface area (Å²) in [5.41, 5.74) is 0.701. The maximum atomic E-state index is 15.1. The fraction of sp³-hybridized carbons (Fsp3) is 0.630. The number of amides is 6. The van der Waals surface area contributed by atoms with E-state index in [-0.39, 0.29) is 23.8 Å². The predicted octanol–water partition coefficient (Wildman–Crippen LogP) is -13.2. The van der Waals surface area contributed by atoms with E-state index in [1.807, 2.05) is 0 Å². The van der Waals surface area contributed by atoms with Crippen LogP contribution in [0.1, 0.15) is 24.0 Å². The number of nitrogens with zero attached hydrogens (tertiary/aromatic N) is 1. The van der Waals surface area contributed by atoms with Gasteiger partial charge in [-0.15, -0.1) is 0 Å². The molecule has 25 unspecified atom stereocenters. The largest absolute Gasteiger partial charge is 0.462 e. The smallest absolute Gasteiger partial charge is 0.246 e. The summed E-state index contributed by atoms with van der Waals surface area (Å²) < 4.78 is 28.2. The minimum atomic E-state index is -2.36. The van der Waals surface area contributed by atoms with E-state index in [4.69, 9.17) is 34.5 Å². The topological polar surface area (TPSA) is 591 Å². The van der Waals surface area contributed by atoms with Crippen molar-refractivity contribution in [1.82, 2.24) is 52.8 Å². The van der Waals surface area contributed by atoms with E-state index in [0.29, 0.717) is 5.56 Å². The Balaban J connectivity index is 1.11. The first kappa shape index (κ1) is 69.8. The van der Waals surface area contributed by atoms with Crippen molar-refractivity contribution in [2.45, 2.75) is 166 Å². The van der Waals surface area contributed by atoms with Gasteiger partial charge in [0.15, 0.2) is 24.4 Å². The molecule has 504 valence electrons. The van der Waals surface area contributed by atoms with Crippen LogP contribution in [0.5, 0.6) is 5.75 Å². The highest BCUT2D eigenvalue weighted by Crippen LogP contribution is 2.32. The molecule has 25 atom stereocenters. The first-order valence-electron chi connectivity index (χ1n) is 29.0. The summed E-state index contributed by atoms with van der Waals surface area (Å²) >= 11 is 0. The molecule has 6 fully saturated rings. The Kier molecular flexibility index (Phi) is 23.4. The lowest BCUT2D eigenvalue weighted by Crippen LogP contribution is -2.69. The fourth-order valence-electron chi connectivity index (χ4n) is 11.3. The van der Waals surface area contributed by atoms with Gasteiger partial charge in [0, 0.05) is 25.4 Å². The van der Waals surface area contributed by atoms with Crippen LogP contribution in [-0.4, -0.2) is 316 Å². The lowest BCUT2D eigenvalue weighted by atomic mass is 9.92. The second-order valence-electron chi connectivity index (χ2n) is 22.6. The van der Waals surface area contributed by atoms with E-state index in [2.05, 4.69) is 47.9 Å². The van der Waals surface area contributed by atoms with Crippen LogP contribution in [0.25, 0.3) is 0 Å². The van der Waals surface area contributed by atoms with Crippen molar-refractivity contribution >= 4 is 47.4 Å². The van der Waals surface area contributed by atoms with E-state index in [0.717, 1.165) is 4.90 Å². The summed E-state index contributed by atoms with van der Waals surface area (Å²) in [7, 11) is 0. The third-order valence-electron chi connectivity index (χ3n) is 16.6. The van der Waals surface area contributed by atoms with Gasteiger partial charge in [-0.25, -0.2) is 0 Å². The molecule has 6 aliphatic heterocycles. The summed E-state index contributed by atoms with van der Waals surface area (Å²) in [4.78, 5) is 87.8. The molecular weight excluding hydrogens is 1220 g/mol. The molecular formula is C54H78N12O25. The Morgan fingerprint density at radius 1 is 0.549 bits per heavy atom. The Bertz CT molecular complexity index is 2870. The number of carbonyl (C=O) groups is 6. The van der Waals surface area contributed by atoms with Crippen molar-refractivity contribution in [1.29, 1.82) is 10.8 Å². The van der Waals surface area contributed by atoms with Crippen LogP contribution in [0.15, 0.2) is 54.6 Å². The van der Waals surface area contributed by atoms with Crippen molar-refractivity contribution in [3.05, 3.63) is 65.7 Å². The number of benzene rings is 2. The monoisotopic (exact) mass is 1290 g/mol. The van der Waals surface area contributed by atoms with Crippen LogP contribution < -0.4 is 52.6 Å². The van der Waals surface area contributed by atoms with E-state index >= 15 is 9.59 Å². The first-order valence-corrected chi connectivity index (χ1v) is 29.0. The molecule has 6 amide bonds. The number of rotatable bonds is 17. The lowest BCUT2D eigenvalue weighted by molar-refractivity contribution is -0.352. The van der Waals surface area contributed by atoms with Gasteiger partial charge in [0.2, 0.25) is 41.7 Å². The van der Waals surface area contributed by atoms with Crippen LogP contribution in [0.4, 0.5) is 0 Å². The van der Waals surface area contributed by atoms with Gasteiger partial charge < -0.3 is 148 Å². The number of nitrogens with one attached hydrogen (secondary N) is 11. The average molecular weight is 1300 g/mol. The standard InChI is InChI=1S/C54H78N12O25/c1-19(21-5-3-2-4-6-21)31-47(84)60-23(11-20-7-9-22(10-8-20)87-51-43(81)40(78)44(29(18-70)90-51)91-52-42(80)39(77)37(75)28(17-69)89-52)46(83)64-32(34(72)24-12-58-53(55)62-24)49(86)65-33(48(85)61-25(15-67)45(82)57-14-30(71)63-31)35(73)26-13-59-54(56)66(26)50-41(79)38(76)36(74)27(16-68)88-50/h2-10,19,23-29,31-44,50-52,67-70,72-81H,11-18H2,1H3,(H2,56,59)(H,57,82)(H,60,84)(H,61,85)(H,63,71)(H,64,83)(H,65,86)(H3,55,58,62). The summed E-state index contributed by atoms with van der Waals surface area (Å²) in [6.07, 6.45) is -31.8. The summed E-state index contributed by atoms with van der Waals surface area (Å²) in [5, 5.41) is 189. The van der Waals surface area contributed by atoms with E-state index in [1.165, 1.54) is 24.3 Å². The molecule has 8 rings (SSSR count). The minimum Gasteiger partial charge on any atom is -0.462 e. The van der Waals surface area contributed by atoms with Crippen molar-refractivity contribution in [2.24, 2.45) is 0 Å². The van der Waals surface area contributed by atoms with Crippen LogP contribution in [0.3, 0.4) is 0 Å². The van der Waals surface area contributed by atoms with Crippen molar-refractivity contribution in [3.8, 4) is 5.75 Å². The van der Waals surface area contributed by atoms with Crippen LogP contribution >= 0.6 is 0 Å². The van der Waals surface area contributed by atoms with Crippen LogP contribution in [0.2, 0.25) is 0 Å². The second-order valence-corrected chi connectivity index (χ2v) is 22.6. The molecule has 0 radical (unpaired) electrons. The zero-order valence-corrected chi connectivity index (χ0v) is 48.5. The third-order valence-corrected chi connectivity index (χ3v) is 16.6. The Morgan fingerprint density at radius 2 is 1.12 bits per heavy atom. The van der Waals surface area contributed by atoms with Crippen molar-refractivity contribution < 1.29 is 124 Å². The lowest BCUT2D eigenvalue weighted by Gasteiger charge is -2.46. The van der Waals surface area contributed by atoms with Gasteiger partial charge >= 0.3 is 0 Å². The fourth-order valence-corrected chi connectivity index (χ4v) is 11.3. The Morgan fingerprint density at radius 3 is 1.75 bits per heavy atom. The molecule has 2 aromatic rings. The molecule has 6 saturated heterocycles. The molecule has 37 nitrogen and oxygen atoms in total. The highest BCUT2D eigenvalue weighted by Gasteiger charge is 2.54. The van der Waals surface area contributed by atoms with E-state index in [9.17, 15) is 90.7 Å². The number of aliphatic hydroxyl groups is 14. The second kappa shape index (κ2) is 30.5. The number of hydrogen-bond donors (Lipinski definition) is 25. The Hall–Kier alpha value is -7.12. The molecule has 0 aliphatic carbocycles. The molecule has 25 N–H and O–H groups in total. The molecule has 0 aromatic heterocycles. The molecule has 91 heavy (non-hydrogen) atoms. The van der Waals surface area contributed by atoms with Gasteiger partial charge in [-0.3, -0.25) is 39.6 Å². The normalized spacial score (nSPS) is 37.5. The first-order chi connectivity index (χ1) is 43.3. The third kappa shape index (κ3) is 15.7. The van der Waals surface area contributed by atoms with Gasteiger partial charge in [0.1, 0.15) is 121 Å². The molecule has 0 bridgehead atoms. The number of ether oxygens (including phenoxy) is 5. The quantitative estimate of drug-likeness (QED) is 0.0699. The Labute approximate surface area is 517 Å². The summed E-state index contributed by atoms with van der Waals surface area (Å²) in [6.45, 7) is -3.88. The highest BCUT2D eigenvalue weighted by atomic mass is 16.7. The molecule has 0 spiro atoms. The average Bonchev–Trinajstić information content (AvgIpc) is 1.85. The molecule has 0 saturated carbocycles. The number of carbonyl (C=O) groups excluding carboxylic acids is 6. The van der Waals surface area contributed by atoms with E-state index in [1.54, 1.807) is 37.3 Å². The van der Waals surface area contributed by atoms with Gasteiger partial charge in [0.25, 0.3) is 0 Å². The van der Waals surface area contributed by atoms with E-state index < -0.39 is 240 Å². The zero-order chi connectivity index (χ0) is 66.3. The predicted molar refractivity (Wildman–Crippen MR) is 302 cm³/mol. The van der Waals surface area contributed by atoms with Gasteiger partial charge in [-0.05, 0) is 23.3 Å². The number of guanidine groups is 2. The SMILES string of the molecule is CC(c1ccccc1)C1NC(=O)CNC(=O)C(CO)NC(=O)C(C(O)C2CNC(=N)N2C2OC(CO)C(O)C(O)C2O)NC(=O)C(C(O)C2CNC(=N)N2)NC(=O)C(Cc2ccc(OC3OC(CO)C(OC4OC(CO)C(O)C(O)C4O)C(O)C3O)cc2)NC1=O. The van der Waals surface area contributed by atoms with Gasteiger partial charge in [-0.1, -0.05) is 49.4 Å². The summed E-state index contributed by atoms with van der Waals surface area (Å²) in [5.74, 6) is -9.31. The van der Waals surface area contributed by atoms with Crippen LogP contribution in [-0.2, 0) is 54.1 Å². The number of hydrogen-bond acceptors (Lipinski definition) is 27. The molecule has 6 aliphatic rings. The zero-order valence-electron chi connectivity index (χ0n) is 48.5. The molecule has 37 heteroatoms. The number of aliphatic hydroxyl groups excluding tert-OH is 14. The van der Waals surface area contributed by atoms with Crippen molar-refractivity contribution in [2.75, 3.05) is 46.1 Å². The molecule has 2 aromatic carbocycles. The van der Waals surface area contributed by atoms with Gasteiger partial charge in [0.05, 0.1) is 45.1 Å². The maximum absolute atomic E-state index is 15.1. The summed E-state index contributed by atoms with van der Waals surface area (Å²) in [6, 6.07) is 0.708. The molecule has 6 heterocycles. The highest BCUT2D eigenvalue weighted by molar-refractivity contribution is 5.98.